The zero-order valence-electron chi connectivity index (χ0n) is 17.9. The predicted octanol–water partition coefficient (Wildman–Crippen LogP) is 3.73. The van der Waals surface area contributed by atoms with Gasteiger partial charge in [0.15, 0.2) is 12.4 Å². The Hall–Kier alpha value is -3.35. The second-order valence-corrected chi connectivity index (χ2v) is 7.39. The number of fused-ring (bicyclic) bond motifs is 1. The average Bonchev–Trinajstić information content (AvgIpc) is 2.81. The van der Waals surface area contributed by atoms with Crippen LogP contribution in [0.4, 0.5) is 5.69 Å². The highest BCUT2D eigenvalue weighted by Crippen LogP contribution is 2.29. The lowest BCUT2D eigenvalue weighted by Crippen LogP contribution is -2.21. The Bertz CT molecular complexity index is 969. The molecule has 7 heteroatoms. The smallest absolute Gasteiger partial charge is 0.306 e. The first-order valence-corrected chi connectivity index (χ1v) is 10.3. The second-order valence-electron chi connectivity index (χ2n) is 7.39. The van der Waals surface area contributed by atoms with Crippen molar-refractivity contribution in [3.63, 3.8) is 0 Å². The number of carbonyl (C=O) groups is 3. The van der Waals surface area contributed by atoms with E-state index in [0.29, 0.717) is 22.7 Å². The maximum absolute atomic E-state index is 12.4. The fourth-order valence-electron chi connectivity index (χ4n) is 3.57. The number of nitrogens with one attached hydrogen (secondary N) is 1. The molecule has 0 spiro atoms. The molecule has 0 bridgehead atoms. The molecular weight excluding hydrogens is 398 g/mol. The van der Waals surface area contributed by atoms with E-state index in [2.05, 4.69) is 5.32 Å². The summed E-state index contributed by atoms with van der Waals surface area (Å²) >= 11 is 0. The van der Waals surface area contributed by atoms with E-state index in [0.717, 1.165) is 19.3 Å². The molecule has 0 unspecified atom stereocenters. The summed E-state index contributed by atoms with van der Waals surface area (Å²) in [5, 5.41) is 2.62. The minimum atomic E-state index is -0.594. The quantitative estimate of drug-likeness (QED) is 0.486. The number of carbonyl (C=O) groups excluding carboxylic acids is 3. The summed E-state index contributed by atoms with van der Waals surface area (Å²) in [6, 6.07) is 10.7. The summed E-state index contributed by atoms with van der Waals surface area (Å²) in [6.07, 6.45) is 4.35. The highest BCUT2D eigenvalue weighted by molar-refractivity contribution is 5.98. The lowest BCUT2D eigenvalue weighted by atomic mass is 9.89. The second kappa shape index (κ2) is 10.6. The Labute approximate surface area is 181 Å². The van der Waals surface area contributed by atoms with Gasteiger partial charge in [0.1, 0.15) is 11.5 Å². The van der Waals surface area contributed by atoms with Crippen LogP contribution in [0.25, 0.3) is 0 Å². The normalized spacial score (nSPS) is 12.5. The number of amides is 1. The van der Waals surface area contributed by atoms with Gasteiger partial charge >= 0.3 is 5.97 Å². The molecular formula is C24H27NO6. The van der Waals surface area contributed by atoms with Crippen molar-refractivity contribution in [1.82, 2.24) is 0 Å². The number of ether oxygens (including phenoxy) is 3. The first-order chi connectivity index (χ1) is 15.0. The highest BCUT2D eigenvalue weighted by atomic mass is 16.5. The summed E-state index contributed by atoms with van der Waals surface area (Å²) in [7, 11) is 3.01. The monoisotopic (exact) mass is 425 g/mol. The average molecular weight is 425 g/mol. The number of hydrogen-bond acceptors (Lipinski definition) is 6. The molecule has 1 aliphatic rings. The largest absolute Gasteiger partial charge is 0.497 e. The molecule has 1 aliphatic carbocycles. The molecule has 164 valence electrons. The topological polar surface area (TPSA) is 90.9 Å². The van der Waals surface area contributed by atoms with E-state index in [1.165, 1.54) is 31.8 Å². The first kappa shape index (κ1) is 22.3. The molecule has 2 aromatic rings. The maximum Gasteiger partial charge on any atom is 0.306 e. The number of hydrogen-bond donors (Lipinski definition) is 1. The molecule has 3 rings (SSSR count). The molecule has 0 saturated carbocycles. The van der Waals surface area contributed by atoms with Crippen LogP contribution in [0.5, 0.6) is 11.5 Å². The highest BCUT2D eigenvalue weighted by Gasteiger charge is 2.16. The third-order valence-corrected chi connectivity index (χ3v) is 5.27. The van der Waals surface area contributed by atoms with Crippen LogP contribution in [-0.2, 0) is 27.2 Å². The Morgan fingerprint density at radius 2 is 1.68 bits per heavy atom. The minimum absolute atomic E-state index is 0.0472. The van der Waals surface area contributed by atoms with Crippen LogP contribution < -0.4 is 14.8 Å². The summed E-state index contributed by atoms with van der Waals surface area (Å²) < 4.78 is 15.3. The van der Waals surface area contributed by atoms with Crippen molar-refractivity contribution in [2.24, 2.45) is 0 Å². The van der Waals surface area contributed by atoms with E-state index in [1.54, 1.807) is 18.2 Å². The van der Waals surface area contributed by atoms with Gasteiger partial charge in [0.25, 0.3) is 5.91 Å². The van der Waals surface area contributed by atoms with Crippen molar-refractivity contribution in [2.75, 3.05) is 26.1 Å². The van der Waals surface area contributed by atoms with E-state index in [1.807, 2.05) is 18.2 Å². The molecule has 0 fully saturated rings. The van der Waals surface area contributed by atoms with Crippen molar-refractivity contribution in [3.05, 3.63) is 53.1 Å². The van der Waals surface area contributed by atoms with E-state index in [-0.39, 0.29) is 18.6 Å². The molecule has 0 radical (unpaired) electrons. The Morgan fingerprint density at radius 3 is 2.42 bits per heavy atom. The molecule has 31 heavy (non-hydrogen) atoms. The molecule has 0 aromatic heterocycles. The van der Waals surface area contributed by atoms with Crippen LogP contribution in [0, 0.1) is 0 Å². The lowest BCUT2D eigenvalue weighted by Gasteiger charge is -2.16. The van der Waals surface area contributed by atoms with Crippen LogP contribution in [0.1, 0.15) is 47.2 Å². The number of benzene rings is 2. The van der Waals surface area contributed by atoms with Crippen molar-refractivity contribution >= 4 is 23.3 Å². The van der Waals surface area contributed by atoms with E-state index in [9.17, 15) is 14.4 Å². The van der Waals surface area contributed by atoms with Crippen LogP contribution >= 0.6 is 0 Å². The van der Waals surface area contributed by atoms with Gasteiger partial charge in [-0.25, -0.2) is 0 Å². The number of esters is 1. The van der Waals surface area contributed by atoms with Crippen LogP contribution in [-0.4, -0.2) is 38.5 Å². The summed E-state index contributed by atoms with van der Waals surface area (Å²) in [4.78, 5) is 36.5. The number of aryl methyl sites for hydroxylation is 2. The van der Waals surface area contributed by atoms with Crippen molar-refractivity contribution in [2.45, 2.75) is 38.5 Å². The zero-order chi connectivity index (χ0) is 22.2. The van der Waals surface area contributed by atoms with Crippen molar-refractivity contribution in [1.29, 1.82) is 0 Å². The molecule has 7 nitrogen and oxygen atoms in total. The number of ketones is 1. The van der Waals surface area contributed by atoms with Crippen LogP contribution in [0.2, 0.25) is 0 Å². The number of Topliss-reactive ketones (excluding diaryl/α,β-unsaturated/α-hetero) is 1. The van der Waals surface area contributed by atoms with Crippen LogP contribution in [0.15, 0.2) is 36.4 Å². The van der Waals surface area contributed by atoms with Crippen molar-refractivity contribution < 1.29 is 28.6 Å². The van der Waals surface area contributed by atoms with Gasteiger partial charge < -0.3 is 19.5 Å². The predicted molar refractivity (Wildman–Crippen MR) is 116 cm³/mol. The lowest BCUT2D eigenvalue weighted by molar-refractivity contribution is -0.147. The third kappa shape index (κ3) is 6.07. The molecule has 0 aliphatic heterocycles. The fourth-order valence-corrected chi connectivity index (χ4v) is 3.57. The third-order valence-electron chi connectivity index (χ3n) is 5.27. The molecule has 0 heterocycles. The van der Waals surface area contributed by atoms with Gasteiger partial charge in [-0.2, -0.15) is 0 Å². The van der Waals surface area contributed by atoms with Gasteiger partial charge in [0.05, 0.1) is 26.3 Å². The molecule has 1 amide bonds. The van der Waals surface area contributed by atoms with Gasteiger partial charge in [-0.1, -0.05) is 12.1 Å². The SMILES string of the molecule is COc1ccc(NC(=O)COC(=O)CCC(=O)c2ccc3c(c2)CCCC3)c(OC)c1. The molecule has 0 atom stereocenters. The van der Waals surface area contributed by atoms with Gasteiger partial charge in [-0.05, 0) is 55.0 Å². The minimum Gasteiger partial charge on any atom is -0.497 e. The molecule has 2 aromatic carbocycles. The van der Waals surface area contributed by atoms with Gasteiger partial charge in [-0.3, -0.25) is 14.4 Å². The molecule has 1 N–H and O–H groups in total. The number of anilines is 1. The Balaban J connectivity index is 1.45. The Kier molecular flexibility index (Phi) is 7.65. The Morgan fingerprint density at radius 1 is 0.903 bits per heavy atom. The maximum atomic E-state index is 12.4. The number of methoxy groups -OCH3 is 2. The van der Waals surface area contributed by atoms with Gasteiger partial charge in [-0.15, -0.1) is 0 Å². The summed E-state index contributed by atoms with van der Waals surface area (Å²) in [6.45, 7) is -0.443. The molecule has 0 saturated heterocycles. The van der Waals surface area contributed by atoms with Crippen molar-refractivity contribution in [3.8, 4) is 11.5 Å². The van der Waals surface area contributed by atoms with Gasteiger partial charge in [0.2, 0.25) is 0 Å². The number of rotatable bonds is 9. The van der Waals surface area contributed by atoms with Crippen LogP contribution in [0.3, 0.4) is 0 Å². The van der Waals surface area contributed by atoms with E-state index < -0.39 is 18.5 Å². The fraction of sp³-hybridized carbons (Fsp3) is 0.375. The zero-order valence-corrected chi connectivity index (χ0v) is 17.9. The first-order valence-electron chi connectivity index (χ1n) is 10.3. The summed E-state index contributed by atoms with van der Waals surface area (Å²) in [5.74, 6) is -0.182. The standard InChI is InChI=1S/C24H27NO6/c1-29-19-9-10-20(22(14-19)30-2)25-23(27)15-31-24(28)12-11-21(26)18-8-7-16-5-3-4-6-17(16)13-18/h7-10,13-14H,3-6,11-12,15H2,1-2H3,(H,25,27). The van der Waals surface area contributed by atoms with E-state index in [4.69, 9.17) is 14.2 Å². The van der Waals surface area contributed by atoms with Gasteiger partial charge in [0, 0.05) is 18.1 Å². The summed E-state index contributed by atoms with van der Waals surface area (Å²) in [5.41, 5.74) is 3.59. The van der Waals surface area contributed by atoms with E-state index >= 15 is 0 Å².